The average Bonchev–Trinajstić information content (AvgIpc) is 2.35. The topological polar surface area (TPSA) is 55.0 Å². The molecule has 5 heteroatoms. The number of anilines is 2. The Bertz CT molecular complexity index is 539. The Morgan fingerprint density at radius 2 is 1.94 bits per heavy atom. The van der Waals surface area contributed by atoms with Crippen LogP contribution in [0.25, 0.3) is 0 Å². The fourth-order valence-electron chi connectivity index (χ4n) is 1.68. The van der Waals surface area contributed by atoms with E-state index in [9.17, 15) is 4.39 Å². The fourth-order valence-corrected chi connectivity index (χ4v) is 1.68. The van der Waals surface area contributed by atoms with Crippen molar-refractivity contribution >= 4 is 11.8 Å². The quantitative estimate of drug-likeness (QED) is 0.901. The van der Waals surface area contributed by atoms with E-state index in [0.717, 1.165) is 11.8 Å². The van der Waals surface area contributed by atoms with Crippen molar-refractivity contribution in [2.75, 3.05) is 17.7 Å². The molecule has 1 heterocycles. The minimum absolute atomic E-state index is 0.0714. The van der Waals surface area contributed by atoms with E-state index in [0.29, 0.717) is 6.54 Å². The molecule has 0 aliphatic carbocycles. The van der Waals surface area contributed by atoms with Crippen molar-refractivity contribution in [3.63, 3.8) is 0 Å². The first-order valence-electron chi connectivity index (χ1n) is 5.61. The molecule has 0 aliphatic rings. The van der Waals surface area contributed by atoms with Crippen molar-refractivity contribution in [1.82, 2.24) is 9.97 Å². The third-order valence-corrected chi connectivity index (χ3v) is 2.65. The summed E-state index contributed by atoms with van der Waals surface area (Å²) in [7, 11) is 1.77. The van der Waals surface area contributed by atoms with Gasteiger partial charge in [0, 0.05) is 13.6 Å². The molecule has 0 atom stereocenters. The normalized spacial score (nSPS) is 10.4. The van der Waals surface area contributed by atoms with Gasteiger partial charge in [-0.15, -0.1) is 0 Å². The molecular formula is C13H15FN4. The van der Waals surface area contributed by atoms with Crippen LogP contribution in [0.5, 0.6) is 0 Å². The SMILES string of the molecule is Cc1ccc(CN(C)c2nc(N)ncc2F)cc1. The first kappa shape index (κ1) is 12.3. The second kappa shape index (κ2) is 5.00. The molecular weight excluding hydrogens is 231 g/mol. The Kier molecular flexibility index (Phi) is 3.41. The minimum Gasteiger partial charge on any atom is -0.368 e. The standard InChI is InChI=1S/C13H15FN4/c1-9-3-5-10(6-4-9)8-18(2)12-11(14)7-16-13(15)17-12/h3-7H,8H2,1-2H3,(H2,15,16,17). The maximum Gasteiger partial charge on any atom is 0.222 e. The van der Waals surface area contributed by atoms with Gasteiger partial charge in [-0.05, 0) is 12.5 Å². The van der Waals surface area contributed by atoms with Gasteiger partial charge in [0.1, 0.15) is 0 Å². The number of aromatic nitrogens is 2. The van der Waals surface area contributed by atoms with Crippen molar-refractivity contribution in [2.45, 2.75) is 13.5 Å². The highest BCUT2D eigenvalue weighted by Gasteiger charge is 2.10. The molecule has 0 unspecified atom stereocenters. The van der Waals surface area contributed by atoms with Crippen LogP contribution in [0.4, 0.5) is 16.2 Å². The molecule has 4 nitrogen and oxygen atoms in total. The van der Waals surface area contributed by atoms with Crippen molar-refractivity contribution in [3.8, 4) is 0 Å². The highest BCUT2D eigenvalue weighted by atomic mass is 19.1. The summed E-state index contributed by atoms with van der Waals surface area (Å²) in [4.78, 5) is 9.22. The van der Waals surface area contributed by atoms with E-state index in [2.05, 4.69) is 9.97 Å². The minimum atomic E-state index is -0.473. The summed E-state index contributed by atoms with van der Waals surface area (Å²) >= 11 is 0. The van der Waals surface area contributed by atoms with Crippen LogP contribution >= 0.6 is 0 Å². The first-order chi connectivity index (χ1) is 8.56. The largest absolute Gasteiger partial charge is 0.368 e. The van der Waals surface area contributed by atoms with Crippen LogP contribution in [0.3, 0.4) is 0 Å². The monoisotopic (exact) mass is 246 g/mol. The van der Waals surface area contributed by atoms with E-state index >= 15 is 0 Å². The zero-order valence-corrected chi connectivity index (χ0v) is 10.4. The summed E-state index contributed by atoms with van der Waals surface area (Å²) in [6, 6.07) is 8.06. The lowest BCUT2D eigenvalue weighted by Crippen LogP contribution is -2.20. The number of rotatable bonds is 3. The number of halogens is 1. The van der Waals surface area contributed by atoms with Crippen molar-refractivity contribution in [3.05, 3.63) is 47.4 Å². The lowest BCUT2D eigenvalue weighted by Gasteiger charge is -2.18. The maximum atomic E-state index is 13.6. The highest BCUT2D eigenvalue weighted by molar-refractivity contribution is 5.42. The van der Waals surface area contributed by atoms with Gasteiger partial charge in [0.25, 0.3) is 0 Å². The van der Waals surface area contributed by atoms with Crippen molar-refractivity contribution in [1.29, 1.82) is 0 Å². The third-order valence-electron chi connectivity index (χ3n) is 2.65. The predicted molar refractivity (Wildman–Crippen MR) is 69.7 cm³/mol. The number of hydrogen-bond acceptors (Lipinski definition) is 4. The molecule has 0 bridgehead atoms. The molecule has 0 fully saturated rings. The summed E-state index contributed by atoms with van der Waals surface area (Å²) in [5.41, 5.74) is 7.74. The Labute approximate surface area is 105 Å². The molecule has 0 aliphatic heterocycles. The van der Waals surface area contributed by atoms with E-state index in [-0.39, 0.29) is 11.8 Å². The maximum absolute atomic E-state index is 13.6. The molecule has 1 aromatic carbocycles. The number of hydrogen-bond donors (Lipinski definition) is 1. The Morgan fingerprint density at radius 1 is 1.28 bits per heavy atom. The number of nitrogens with two attached hydrogens (primary N) is 1. The molecule has 2 aromatic rings. The van der Waals surface area contributed by atoms with Gasteiger partial charge >= 0.3 is 0 Å². The number of nitrogen functional groups attached to an aromatic ring is 1. The van der Waals surface area contributed by atoms with Crippen LogP contribution in [-0.4, -0.2) is 17.0 Å². The summed E-state index contributed by atoms with van der Waals surface area (Å²) in [6.07, 6.45) is 1.09. The second-order valence-corrected chi connectivity index (χ2v) is 4.24. The van der Waals surface area contributed by atoms with Crippen LogP contribution in [-0.2, 0) is 6.54 Å². The molecule has 0 saturated heterocycles. The van der Waals surface area contributed by atoms with Crippen LogP contribution in [0, 0.1) is 12.7 Å². The Morgan fingerprint density at radius 3 is 2.61 bits per heavy atom. The highest BCUT2D eigenvalue weighted by Crippen LogP contribution is 2.17. The van der Waals surface area contributed by atoms with E-state index in [4.69, 9.17) is 5.73 Å². The summed E-state index contributed by atoms with van der Waals surface area (Å²) in [5, 5.41) is 0. The first-order valence-corrected chi connectivity index (χ1v) is 5.61. The Hall–Kier alpha value is -2.17. The third kappa shape index (κ3) is 2.74. The fraction of sp³-hybridized carbons (Fsp3) is 0.231. The lowest BCUT2D eigenvalue weighted by atomic mass is 10.1. The molecule has 94 valence electrons. The molecule has 2 N–H and O–H groups in total. The van der Waals surface area contributed by atoms with Crippen LogP contribution in [0.15, 0.2) is 30.5 Å². The molecule has 0 amide bonds. The van der Waals surface area contributed by atoms with Crippen LogP contribution in [0.2, 0.25) is 0 Å². The van der Waals surface area contributed by atoms with Crippen molar-refractivity contribution in [2.24, 2.45) is 0 Å². The molecule has 0 saturated carbocycles. The van der Waals surface area contributed by atoms with E-state index < -0.39 is 5.82 Å². The van der Waals surface area contributed by atoms with Crippen LogP contribution < -0.4 is 10.6 Å². The van der Waals surface area contributed by atoms with Crippen LogP contribution in [0.1, 0.15) is 11.1 Å². The summed E-state index contributed by atoms with van der Waals surface area (Å²) in [6.45, 7) is 2.59. The molecule has 2 rings (SSSR count). The van der Waals surface area contributed by atoms with Gasteiger partial charge in [0.2, 0.25) is 5.95 Å². The second-order valence-electron chi connectivity index (χ2n) is 4.24. The zero-order valence-electron chi connectivity index (χ0n) is 10.4. The summed E-state index contributed by atoms with van der Waals surface area (Å²) in [5.74, 6) is -0.191. The van der Waals surface area contributed by atoms with Gasteiger partial charge < -0.3 is 10.6 Å². The predicted octanol–water partition coefficient (Wildman–Crippen LogP) is 2.14. The van der Waals surface area contributed by atoms with Crippen molar-refractivity contribution < 1.29 is 4.39 Å². The summed E-state index contributed by atoms with van der Waals surface area (Å²) < 4.78 is 13.6. The van der Waals surface area contributed by atoms with Gasteiger partial charge in [-0.2, -0.15) is 4.98 Å². The number of nitrogens with zero attached hydrogens (tertiary/aromatic N) is 3. The van der Waals surface area contributed by atoms with E-state index in [1.165, 1.54) is 5.56 Å². The lowest BCUT2D eigenvalue weighted by molar-refractivity contribution is 0.608. The smallest absolute Gasteiger partial charge is 0.222 e. The van der Waals surface area contributed by atoms with Gasteiger partial charge in [-0.3, -0.25) is 0 Å². The average molecular weight is 246 g/mol. The van der Waals surface area contributed by atoms with Gasteiger partial charge in [-0.25, -0.2) is 9.37 Å². The molecule has 0 radical (unpaired) electrons. The Balaban J connectivity index is 2.18. The van der Waals surface area contributed by atoms with Gasteiger partial charge in [0.05, 0.1) is 6.20 Å². The number of benzene rings is 1. The van der Waals surface area contributed by atoms with E-state index in [1.807, 2.05) is 31.2 Å². The number of aryl methyl sites for hydroxylation is 1. The molecule has 0 spiro atoms. The molecule has 1 aromatic heterocycles. The zero-order chi connectivity index (χ0) is 13.1. The molecule has 18 heavy (non-hydrogen) atoms. The van der Waals surface area contributed by atoms with E-state index in [1.54, 1.807) is 11.9 Å². The van der Waals surface area contributed by atoms with Gasteiger partial charge in [-0.1, -0.05) is 29.8 Å². The van der Waals surface area contributed by atoms with Gasteiger partial charge in [0.15, 0.2) is 11.6 Å².